The first-order chi connectivity index (χ1) is 8.12. The Morgan fingerprint density at radius 2 is 1.26 bits per heavy atom. The minimum atomic E-state index is -6.73. The maximum absolute atomic E-state index is 12.4. The molecule has 0 saturated heterocycles. The highest BCUT2D eigenvalue weighted by atomic mass is 32.2. The minimum Gasteiger partial charge on any atom is -0.743 e. The van der Waals surface area contributed by atoms with Gasteiger partial charge in [0.05, 0.1) is 14.1 Å². The van der Waals surface area contributed by atoms with Crippen LogP contribution in [0, 0.1) is 0 Å². The quantitative estimate of drug-likeness (QED) is 0.617. The predicted octanol–water partition coefficient (Wildman–Crippen LogP) is 0.912. The molecule has 0 heterocycles. The third-order valence-electron chi connectivity index (χ3n) is 1.46. The lowest BCUT2D eigenvalue weighted by atomic mass is 10.2. The molecule has 0 aliphatic carbocycles. The van der Waals surface area contributed by atoms with Crippen LogP contribution in [-0.4, -0.2) is 44.4 Å². The van der Waals surface area contributed by atoms with Gasteiger partial charge >= 0.3 is 17.4 Å². The highest BCUT2D eigenvalue weighted by Gasteiger charge is 2.61. The fourth-order valence-corrected chi connectivity index (χ4v) is 1.09. The van der Waals surface area contributed by atoms with Gasteiger partial charge in [-0.25, -0.2) is 8.42 Å². The molecule has 0 spiro atoms. The maximum Gasteiger partial charge on any atom is 0.396 e. The largest absolute Gasteiger partial charge is 0.743 e. The monoisotopic (exact) mass is 323 g/mol. The van der Waals surface area contributed by atoms with Crippen molar-refractivity contribution in [1.29, 1.82) is 0 Å². The fourth-order valence-electron chi connectivity index (χ4n) is 0.627. The number of hydrogen-bond donors (Lipinski definition) is 1. The molecule has 0 aliphatic heterocycles. The summed E-state index contributed by atoms with van der Waals surface area (Å²) in [6.07, 6.45) is -9.97. The van der Waals surface area contributed by atoms with Gasteiger partial charge in [-0.1, -0.05) is 0 Å². The summed E-state index contributed by atoms with van der Waals surface area (Å²) in [7, 11) is -2.73. The molecule has 0 aromatic heterocycles. The van der Waals surface area contributed by atoms with Crippen molar-refractivity contribution in [3.63, 3.8) is 0 Å². The summed E-state index contributed by atoms with van der Waals surface area (Å²) >= 11 is 0. The van der Waals surface area contributed by atoms with Crippen LogP contribution in [0.1, 0.15) is 12.8 Å². The van der Waals surface area contributed by atoms with Gasteiger partial charge in [0.25, 0.3) is 0 Å². The summed E-state index contributed by atoms with van der Waals surface area (Å²) in [6, 6.07) is 0. The summed E-state index contributed by atoms with van der Waals surface area (Å²) in [4.78, 5) is 0. The first kappa shape index (κ1) is 20.7. The van der Waals surface area contributed by atoms with Crippen molar-refractivity contribution >= 4 is 10.1 Å². The lowest BCUT2D eigenvalue weighted by molar-refractivity contribution is -0.597. The van der Waals surface area contributed by atoms with Crippen molar-refractivity contribution in [2.24, 2.45) is 0 Å². The number of hydrogen-bond acceptors (Lipinski definition) is 3. The van der Waals surface area contributed by atoms with Crippen LogP contribution in [0.15, 0.2) is 0 Å². The molecule has 0 rings (SSSR count). The van der Waals surface area contributed by atoms with E-state index in [9.17, 15) is 43.7 Å². The average molecular weight is 323 g/mol. The van der Waals surface area contributed by atoms with Crippen LogP contribution in [-0.2, 0) is 10.1 Å². The number of rotatable bonds is 4. The van der Waals surface area contributed by atoms with Gasteiger partial charge in [-0.15, -0.1) is 0 Å². The van der Waals surface area contributed by atoms with Crippen LogP contribution in [0.4, 0.5) is 30.7 Å². The van der Waals surface area contributed by atoms with Gasteiger partial charge in [0.1, 0.15) is 0 Å². The Hall–Kier alpha value is -0.620. The van der Waals surface area contributed by atoms with Gasteiger partial charge < -0.3 is 9.87 Å². The van der Waals surface area contributed by atoms with E-state index < -0.39 is 40.3 Å². The molecule has 4 nitrogen and oxygen atoms in total. The molecule has 0 aliphatic rings. The fraction of sp³-hybridized carbons (Fsp3) is 1.00. The van der Waals surface area contributed by atoms with Crippen LogP contribution in [0.2, 0.25) is 0 Å². The second-order valence-electron chi connectivity index (χ2n) is 3.37. The van der Waals surface area contributed by atoms with Crippen LogP contribution >= 0.6 is 0 Å². The minimum absolute atomic E-state index is 2.00. The summed E-state index contributed by atoms with van der Waals surface area (Å²) < 4.78 is 113. The van der Waals surface area contributed by atoms with Crippen molar-refractivity contribution in [3.8, 4) is 0 Å². The molecule has 0 aromatic rings. The second kappa shape index (κ2) is 6.70. The highest BCUT2D eigenvalue weighted by Crippen LogP contribution is 2.42. The Balaban J connectivity index is 0. The Kier molecular flexibility index (Phi) is 7.30. The van der Waals surface area contributed by atoms with E-state index in [2.05, 4.69) is 0 Å². The lowest BCUT2D eigenvalue weighted by Crippen LogP contribution is -2.74. The van der Waals surface area contributed by atoms with Gasteiger partial charge in [0.15, 0.2) is 10.1 Å². The van der Waals surface area contributed by atoms with E-state index in [-0.39, 0.29) is 0 Å². The molecule has 0 bridgehead atoms. The van der Waals surface area contributed by atoms with E-state index in [0.717, 1.165) is 0 Å². The van der Waals surface area contributed by atoms with Gasteiger partial charge in [0, 0.05) is 12.8 Å². The van der Waals surface area contributed by atoms with E-state index >= 15 is 0 Å². The summed E-state index contributed by atoms with van der Waals surface area (Å²) in [5, 5.41) is -4.06. The zero-order valence-corrected chi connectivity index (χ0v) is 10.6. The molecule has 0 radical (unpaired) electrons. The maximum atomic E-state index is 12.4. The van der Waals surface area contributed by atoms with Crippen LogP contribution < -0.4 is 5.32 Å². The molecule has 12 heteroatoms. The number of alkyl halides is 7. The lowest BCUT2D eigenvalue weighted by Gasteiger charge is -2.28. The third kappa shape index (κ3) is 6.92. The van der Waals surface area contributed by atoms with Gasteiger partial charge in [-0.05, 0) is 0 Å². The van der Waals surface area contributed by atoms with Crippen LogP contribution in [0.5, 0.6) is 0 Å². The number of nitrogens with two attached hydrogens (primary N) is 1. The molecule has 0 atom stereocenters. The Labute approximate surface area is 104 Å². The number of quaternary nitrogens is 1. The molecular formula is C7H12F7NO3S. The normalized spacial score (nSPS) is 13.8. The van der Waals surface area contributed by atoms with E-state index in [1.54, 1.807) is 0 Å². The van der Waals surface area contributed by atoms with Crippen LogP contribution in [0.25, 0.3) is 0 Å². The Bertz CT molecular complexity index is 365. The first-order valence-electron chi connectivity index (χ1n) is 4.64. The topological polar surface area (TPSA) is 73.8 Å². The predicted molar refractivity (Wildman–Crippen MR) is 48.7 cm³/mol. The van der Waals surface area contributed by atoms with E-state index in [0.29, 0.717) is 0 Å². The zero-order chi connectivity index (χ0) is 16.1. The zero-order valence-electron chi connectivity index (χ0n) is 9.77. The molecule has 0 amide bonds. The molecule has 0 aromatic carbocycles. The molecule has 0 fully saturated rings. The Morgan fingerprint density at radius 3 is 1.47 bits per heavy atom. The third-order valence-corrected chi connectivity index (χ3v) is 2.39. The molecule has 0 saturated carbocycles. The van der Waals surface area contributed by atoms with Crippen molar-refractivity contribution in [3.05, 3.63) is 0 Å². The van der Waals surface area contributed by atoms with Crippen molar-refractivity contribution in [2.45, 2.75) is 30.2 Å². The molecule has 2 N–H and O–H groups in total. The first-order valence-corrected chi connectivity index (χ1v) is 6.05. The molecule has 118 valence electrons. The molecular weight excluding hydrogens is 311 g/mol. The smallest absolute Gasteiger partial charge is 0.396 e. The standard InChI is InChI=1S/C5H5F7O3S.C2H7N/c6-3(7,1-2-4(8,9)10)5(11,12)16(13,14)15;1-3-2/h1-2H2,(H,13,14,15);3H,1-2H3. The van der Waals surface area contributed by atoms with E-state index in [1.165, 1.54) is 0 Å². The SMILES string of the molecule is C[NH2+]C.O=S(=O)([O-])C(F)(F)C(F)(F)CCC(F)(F)F. The van der Waals surface area contributed by atoms with Crippen LogP contribution in [0.3, 0.4) is 0 Å². The van der Waals surface area contributed by atoms with Crippen molar-refractivity contribution < 1.29 is 49.0 Å². The van der Waals surface area contributed by atoms with Crippen molar-refractivity contribution in [1.82, 2.24) is 0 Å². The van der Waals surface area contributed by atoms with Gasteiger partial charge in [-0.2, -0.15) is 30.7 Å². The summed E-state index contributed by atoms with van der Waals surface area (Å²) in [5.41, 5.74) is 0. The second-order valence-corrected chi connectivity index (χ2v) is 4.79. The van der Waals surface area contributed by atoms with Gasteiger partial charge in [-0.3, -0.25) is 0 Å². The number of halogens is 7. The summed E-state index contributed by atoms with van der Waals surface area (Å²) in [6.45, 7) is 0. The average Bonchev–Trinajstić information content (AvgIpc) is 2.13. The molecule has 0 unspecified atom stereocenters. The van der Waals surface area contributed by atoms with E-state index in [4.69, 9.17) is 0 Å². The van der Waals surface area contributed by atoms with Gasteiger partial charge in [0.2, 0.25) is 0 Å². The summed E-state index contributed by atoms with van der Waals surface area (Å²) in [5.74, 6) is -5.57. The Morgan fingerprint density at radius 1 is 0.947 bits per heavy atom. The molecule has 19 heavy (non-hydrogen) atoms. The van der Waals surface area contributed by atoms with Crippen molar-refractivity contribution in [2.75, 3.05) is 14.1 Å². The highest BCUT2D eigenvalue weighted by molar-refractivity contribution is 7.86. The van der Waals surface area contributed by atoms with E-state index in [1.807, 2.05) is 19.4 Å².